The Labute approximate surface area is 207 Å². The fourth-order valence-electron chi connectivity index (χ4n) is 6.00. The first-order valence-corrected chi connectivity index (χ1v) is 12.4. The summed E-state index contributed by atoms with van der Waals surface area (Å²) >= 11 is 12.2. The van der Waals surface area contributed by atoms with E-state index in [0.717, 1.165) is 38.4 Å². The highest BCUT2D eigenvalue weighted by Crippen LogP contribution is 2.57. The van der Waals surface area contributed by atoms with Crippen molar-refractivity contribution in [2.75, 3.05) is 13.6 Å². The molecule has 0 aromatic heterocycles. The molecule has 4 nitrogen and oxygen atoms in total. The lowest BCUT2D eigenvalue weighted by atomic mass is 9.52. The van der Waals surface area contributed by atoms with Crippen LogP contribution in [0.5, 0.6) is 0 Å². The minimum absolute atomic E-state index is 0.123. The van der Waals surface area contributed by atoms with E-state index in [9.17, 15) is 9.59 Å². The number of amides is 1. The Morgan fingerprint density at radius 3 is 2.64 bits per heavy atom. The van der Waals surface area contributed by atoms with Crippen LogP contribution in [0, 0.1) is 34.5 Å². The Morgan fingerprint density at radius 2 is 2.00 bits per heavy atom. The molecular weight excluding hydrogens is 455 g/mol. The Hall–Kier alpha value is -2.09. The molecule has 0 saturated heterocycles. The molecule has 0 heterocycles. The first-order valence-electron chi connectivity index (χ1n) is 11.6. The molecule has 3 rings (SSSR count). The molecule has 1 saturated carbocycles. The number of carbonyl (C=O) groups excluding carboxylic acids is 2. The number of carbonyl (C=O) groups is 2. The Balaban J connectivity index is 1.83. The van der Waals surface area contributed by atoms with Crippen molar-refractivity contribution in [2.45, 2.75) is 52.4 Å². The van der Waals surface area contributed by atoms with E-state index < -0.39 is 0 Å². The third kappa shape index (κ3) is 5.53. The molecule has 1 fully saturated rings. The summed E-state index contributed by atoms with van der Waals surface area (Å²) in [4.78, 5) is 26.2. The predicted molar refractivity (Wildman–Crippen MR) is 133 cm³/mol. The van der Waals surface area contributed by atoms with Crippen molar-refractivity contribution < 1.29 is 9.59 Å². The minimum Gasteiger partial charge on any atom is -0.342 e. The molecule has 0 spiro atoms. The highest BCUT2D eigenvalue weighted by atomic mass is 35.5. The van der Waals surface area contributed by atoms with Crippen molar-refractivity contribution in [1.82, 2.24) is 4.90 Å². The third-order valence-corrected chi connectivity index (χ3v) is 8.31. The van der Waals surface area contributed by atoms with Crippen molar-refractivity contribution in [3.05, 3.63) is 57.1 Å². The molecule has 1 aromatic rings. The van der Waals surface area contributed by atoms with Gasteiger partial charge < -0.3 is 4.90 Å². The van der Waals surface area contributed by atoms with Crippen molar-refractivity contribution in [1.29, 1.82) is 5.26 Å². The first kappa shape index (κ1) is 25.5. The second-order valence-corrected chi connectivity index (χ2v) is 10.5. The Kier molecular flexibility index (Phi) is 8.43. The zero-order valence-electron chi connectivity index (χ0n) is 19.6. The molecule has 2 unspecified atom stereocenters. The monoisotopic (exact) mass is 486 g/mol. The number of rotatable bonds is 7. The number of aldehydes is 1. The van der Waals surface area contributed by atoms with Crippen LogP contribution in [-0.2, 0) is 4.79 Å². The predicted octanol–water partition coefficient (Wildman–Crippen LogP) is 6.88. The van der Waals surface area contributed by atoms with Gasteiger partial charge in [-0.25, -0.2) is 0 Å². The smallest absolute Gasteiger partial charge is 0.253 e. The standard InChI is InChI=1S/C27H32Cl2N2O2/c1-18-6-9-25-24(23(18)5-4-12-30)8-7-20(10-14-32)27(25,2)11-13-31(3)26(33)19-15-21(28)17-22(29)16-19/h6,10,14-17,23-25H,4-5,7-9,11,13H2,1-3H3/b20-10-/t23-,24?,25+,27?/m1/s1. The summed E-state index contributed by atoms with van der Waals surface area (Å²) in [5.41, 5.74) is 2.85. The number of benzene rings is 1. The molecule has 6 heteroatoms. The molecule has 1 aromatic carbocycles. The van der Waals surface area contributed by atoms with Gasteiger partial charge in [-0.1, -0.05) is 47.3 Å². The van der Waals surface area contributed by atoms with Gasteiger partial charge in [-0.15, -0.1) is 0 Å². The number of nitrogens with zero attached hydrogens (tertiary/aromatic N) is 2. The lowest BCUT2D eigenvalue weighted by Gasteiger charge is -2.53. The molecule has 2 aliphatic rings. The summed E-state index contributed by atoms with van der Waals surface area (Å²) in [7, 11) is 1.80. The van der Waals surface area contributed by atoms with E-state index >= 15 is 0 Å². The van der Waals surface area contributed by atoms with Crippen LogP contribution in [0.25, 0.3) is 0 Å². The van der Waals surface area contributed by atoms with Crippen LogP contribution < -0.4 is 0 Å². The van der Waals surface area contributed by atoms with Gasteiger partial charge in [0.25, 0.3) is 5.91 Å². The molecule has 4 atom stereocenters. The number of hydrogen-bond donors (Lipinski definition) is 0. The number of allylic oxidation sites excluding steroid dienone is 4. The average Bonchev–Trinajstić information content (AvgIpc) is 2.77. The van der Waals surface area contributed by atoms with Gasteiger partial charge in [-0.3, -0.25) is 9.59 Å². The van der Waals surface area contributed by atoms with Gasteiger partial charge in [-0.05, 0) is 86.5 Å². The highest BCUT2D eigenvalue weighted by molar-refractivity contribution is 6.35. The van der Waals surface area contributed by atoms with Crippen molar-refractivity contribution in [2.24, 2.45) is 23.2 Å². The van der Waals surface area contributed by atoms with Crippen molar-refractivity contribution >= 4 is 35.4 Å². The van der Waals surface area contributed by atoms with Crippen LogP contribution in [0.2, 0.25) is 10.0 Å². The van der Waals surface area contributed by atoms with E-state index in [1.54, 1.807) is 36.2 Å². The second-order valence-electron chi connectivity index (χ2n) is 9.68. The molecule has 176 valence electrons. The Morgan fingerprint density at radius 1 is 1.30 bits per heavy atom. The molecule has 0 aliphatic heterocycles. The van der Waals surface area contributed by atoms with Gasteiger partial charge >= 0.3 is 0 Å². The quantitative estimate of drug-likeness (QED) is 0.239. The van der Waals surface area contributed by atoms with Crippen LogP contribution in [0.15, 0.2) is 41.5 Å². The summed E-state index contributed by atoms with van der Waals surface area (Å²) in [5, 5.41) is 10.0. The van der Waals surface area contributed by atoms with Crippen LogP contribution in [0.4, 0.5) is 0 Å². The maximum Gasteiger partial charge on any atom is 0.253 e. The molecule has 0 bridgehead atoms. The van der Waals surface area contributed by atoms with Crippen LogP contribution in [-0.4, -0.2) is 30.7 Å². The third-order valence-electron chi connectivity index (χ3n) is 7.87. The molecule has 2 aliphatic carbocycles. The zero-order valence-corrected chi connectivity index (χ0v) is 21.1. The Bertz CT molecular complexity index is 990. The van der Waals surface area contributed by atoms with E-state index in [0.29, 0.717) is 46.3 Å². The number of halogens is 2. The van der Waals surface area contributed by atoms with Crippen LogP contribution in [0.1, 0.15) is 62.7 Å². The minimum atomic E-state index is -0.188. The van der Waals surface area contributed by atoms with E-state index in [4.69, 9.17) is 28.5 Å². The van der Waals surface area contributed by atoms with Crippen LogP contribution in [0.3, 0.4) is 0 Å². The van der Waals surface area contributed by atoms with E-state index in [2.05, 4.69) is 26.0 Å². The van der Waals surface area contributed by atoms with Gasteiger partial charge in [0.1, 0.15) is 6.29 Å². The van der Waals surface area contributed by atoms with Gasteiger partial charge in [0.05, 0.1) is 6.07 Å². The summed E-state index contributed by atoms with van der Waals surface area (Å²) in [6, 6.07) is 7.19. The van der Waals surface area contributed by atoms with E-state index in [1.807, 2.05) is 0 Å². The maximum atomic E-state index is 13.0. The molecule has 0 radical (unpaired) electrons. The topological polar surface area (TPSA) is 61.2 Å². The normalized spacial score (nSPS) is 27.9. The molecule has 1 amide bonds. The average molecular weight is 487 g/mol. The van der Waals surface area contributed by atoms with Crippen LogP contribution >= 0.6 is 23.2 Å². The SMILES string of the molecule is CC1=CC[C@H]2C(CC/C(=C/C=O)C2(C)CCN(C)C(=O)c2cc(Cl)cc(Cl)c2)[C@@H]1CCC#N. The largest absolute Gasteiger partial charge is 0.342 e. The lowest BCUT2D eigenvalue weighted by Crippen LogP contribution is -2.45. The molecule has 33 heavy (non-hydrogen) atoms. The summed E-state index contributed by atoms with van der Waals surface area (Å²) in [6.45, 7) is 5.00. The molecular formula is C27H32Cl2N2O2. The number of hydrogen-bond acceptors (Lipinski definition) is 3. The van der Waals surface area contributed by atoms with Gasteiger partial charge in [0.2, 0.25) is 0 Å². The van der Waals surface area contributed by atoms with Gasteiger partial charge in [0, 0.05) is 35.6 Å². The maximum absolute atomic E-state index is 13.0. The second kappa shape index (κ2) is 10.9. The number of nitriles is 1. The first-order chi connectivity index (χ1) is 15.7. The van der Waals surface area contributed by atoms with E-state index in [1.165, 1.54) is 11.1 Å². The summed E-state index contributed by atoms with van der Waals surface area (Å²) in [6.07, 6.45) is 10.1. The van der Waals surface area contributed by atoms with E-state index in [-0.39, 0.29) is 11.3 Å². The fourth-order valence-corrected chi connectivity index (χ4v) is 6.53. The molecule has 0 N–H and O–H groups in total. The highest BCUT2D eigenvalue weighted by Gasteiger charge is 2.48. The van der Waals surface area contributed by atoms with Crippen molar-refractivity contribution in [3.63, 3.8) is 0 Å². The summed E-state index contributed by atoms with van der Waals surface area (Å²) < 4.78 is 0. The summed E-state index contributed by atoms with van der Waals surface area (Å²) in [5.74, 6) is 1.16. The zero-order chi connectivity index (χ0) is 24.2. The lowest BCUT2D eigenvalue weighted by molar-refractivity contribution is -0.104. The van der Waals surface area contributed by atoms with Gasteiger partial charge in [0.15, 0.2) is 0 Å². The van der Waals surface area contributed by atoms with Crippen molar-refractivity contribution in [3.8, 4) is 6.07 Å². The van der Waals surface area contributed by atoms with Gasteiger partial charge in [-0.2, -0.15) is 5.26 Å². The number of fused-ring (bicyclic) bond motifs is 1. The fraction of sp³-hybridized carbons (Fsp3) is 0.519.